The molecule has 0 unspecified atom stereocenters. The van der Waals surface area contributed by atoms with Gasteiger partial charge in [-0.25, -0.2) is 13.8 Å². The molecule has 0 N–H and O–H groups in total. The Hall–Kier alpha value is -3.06. The van der Waals surface area contributed by atoms with E-state index in [0.717, 1.165) is 68.2 Å². The maximum Gasteiger partial charge on any atom is 0.227 e. The van der Waals surface area contributed by atoms with E-state index in [9.17, 15) is 8.78 Å². The second-order valence-corrected chi connectivity index (χ2v) is 9.59. The van der Waals surface area contributed by atoms with Crippen LogP contribution < -0.4 is 9.80 Å². The molecule has 5 nitrogen and oxygen atoms in total. The molecule has 35 heavy (non-hydrogen) atoms. The molecule has 1 saturated heterocycles. The molecule has 0 amide bonds. The first-order valence-electron chi connectivity index (χ1n) is 12.4. The lowest BCUT2D eigenvalue weighted by Gasteiger charge is -2.37. The number of piperidine rings is 1. The average Bonchev–Trinajstić information content (AvgIpc) is 2.88. The summed E-state index contributed by atoms with van der Waals surface area (Å²) in [7, 11) is 6.06. The summed E-state index contributed by atoms with van der Waals surface area (Å²) in [5, 5.41) is 0. The first kappa shape index (κ1) is 25.0. The molecule has 1 aromatic heterocycles. The summed E-state index contributed by atoms with van der Waals surface area (Å²) in [5.41, 5.74) is 2.14. The number of hydrogen-bond donors (Lipinski definition) is 0. The molecule has 0 radical (unpaired) electrons. The van der Waals surface area contributed by atoms with Gasteiger partial charge in [-0.2, -0.15) is 4.98 Å². The van der Waals surface area contributed by atoms with Crippen LogP contribution in [0.15, 0.2) is 60.8 Å². The molecular formula is C28H35F2N5. The quantitative estimate of drug-likeness (QED) is 0.414. The fraction of sp³-hybridized carbons (Fsp3) is 0.429. The van der Waals surface area contributed by atoms with E-state index in [4.69, 9.17) is 0 Å². The lowest BCUT2D eigenvalue weighted by atomic mass is 9.87. The standard InChI is InChI=1S/C28H35F2N5/c1-33(2)27-14-17-31-28(32-27)34(3)25-15-19-35(20-16-25)18-4-5-26(21-6-10-23(29)11-7-21)22-8-12-24(30)13-9-22/h6-14,17,25-26H,4-5,15-16,18-20H2,1-3H3. The van der Waals surface area contributed by atoms with E-state index in [1.165, 1.54) is 24.3 Å². The highest BCUT2D eigenvalue weighted by molar-refractivity contribution is 5.42. The molecule has 0 spiro atoms. The monoisotopic (exact) mass is 479 g/mol. The van der Waals surface area contributed by atoms with Crippen molar-refractivity contribution >= 4 is 11.8 Å². The predicted octanol–water partition coefficient (Wildman–Crippen LogP) is 5.33. The number of likely N-dealkylation sites (tertiary alicyclic amines) is 1. The van der Waals surface area contributed by atoms with Gasteiger partial charge in [0.2, 0.25) is 5.95 Å². The lowest BCUT2D eigenvalue weighted by Crippen LogP contribution is -2.44. The Morgan fingerprint density at radius 2 is 1.46 bits per heavy atom. The minimum absolute atomic E-state index is 0.126. The second kappa shape index (κ2) is 11.6. The molecule has 0 bridgehead atoms. The van der Waals surface area contributed by atoms with E-state index in [0.29, 0.717) is 6.04 Å². The number of hydrogen-bond acceptors (Lipinski definition) is 5. The first-order chi connectivity index (χ1) is 16.9. The highest BCUT2D eigenvalue weighted by Gasteiger charge is 2.24. The largest absolute Gasteiger partial charge is 0.363 e. The Morgan fingerprint density at radius 1 is 0.886 bits per heavy atom. The summed E-state index contributed by atoms with van der Waals surface area (Å²) >= 11 is 0. The fourth-order valence-electron chi connectivity index (χ4n) is 4.89. The van der Waals surface area contributed by atoms with Crippen LogP contribution in [0.1, 0.15) is 42.7 Å². The normalized spacial score (nSPS) is 14.9. The number of nitrogens with zero attached hydrogens (tertiary/aromatic N) is 5. The number of anilines is 2. The zero-order valence-corrected chi connectivity index (χ0v) is 20.9. The Kier molecular flexibility index (Phi) is 8.29. The molecule has 186 valence electrons. The van der Waals surface area contributed by atoms with E-state index in [1.54, 1.807) is 0 Å². The van der Waals surface area contributed by atoms with Gasteiger partial charge in [-0.3, -0.25) is 0 Å². The molecule has 4 rings (SSSR count). The number of rotatable bonds is 9. The number of halogens is 2. The Morgan fingerprint density at radius 3 is 2.00 bits per heavy atom. The highest BCUT2D eigenvalue weighted by Crippen LogP contribution is 2.30. The van der Waals surface area contributed by atoms with Gasteiger partial charge in [-0.15, -0.1) is 0 Å². The fourth-order valence-corrected chi connectivity index (χ4v) is 4.89. The molecule has 1 fully saturated rings. The van der Waals surface area contributed by atoms with Crippen LogP contribution in [0.25, 0.3) is 0 Å². The number of aromatic nitrogens is 2. The third-order valence-corrected chi connectivity index (χ3v) is 7.02. The van der Waals surface area contributed by atoms with Crippen molar-refractivity contribution in [1.82, 2.24) is 14.9 Å². The molecule has 2 aromatic carbocycles. The van der Waals surface area contributed by atoms with Crippen molar-refractivity contribution in [2.45, 2.75) is 37.6 Å². The highest BCUT2D eigenvalue weighted by atomic mass is 19.1. The molecule has 1 aliphatic rings. The third kappa shape index (κ3) is 6.54. The van der Waals surface area contributed by atoms with Gasteiger partial charge in [-0.1, -0.05) is 24.3 Å². The molecule has 0 aliphatic carbocycles. The van der Waals surface area contributed by atoms with Crippen molar-refractivity contribution in [3.63, 3.8) is 0 Å². The maximum atomic E-state index is 13.5. The Bertz CT molecular complexity index is 1020. The smallest absolute Gasteiger partial charge is 0.227 e. The average molecular weight is 480 g/mol. The van der Waals surface area contributed by atoms with E-state index in [2.05, 4.69) is 26.8 Å². The van der Waals surface area contributed by atoms with Crippen molar-refractivity contribution in [2.24, 2.45) is 0 Å². The zero-order chi connectivity index (χ0) is 24.8. The van der Waals surface area contributed by atoms with Gasteiger partial charge in [0.05, 0.1) is 0 Å². The summed E-state index contributed by atoms with van der Waals surface area (Å²) < 4.78 is 27.0. The molecule has 3 aromatic rings. The molecular weight excluding hydrogens is 444 g/mol. The van der Waals surface area contributed by atoms with Crippen LogP contribution in [0.5, 0.6) is 0 Å². The summed E-state index contributed by atoms with van der Waals surface area (Å²) in [4.78, 5) is 15.9. The van der Waals surface area contributed by atoms with Gasteiger partial charge in [-0.05, 0) is 73.7 Å². The minimum Gasteiger partial charge on any atom is -0.363 e. The molecule has 1 aliphatic heterocycles. The lowest BCUT2D eigenvalue weighted by molar-refractivity contribution is 0.206. The Balaban J connectivity index is 1.31. The summed E-state index contributed by atoms with van der Waals surface area (Å²) in [6, 6.07) is 15.7. The van der Waals surface area contributed by atoms with Crippen LogP contribution in [0.3, 0.4) is 0 Å². The van der Waals surface area contributed by atoms with E-state index in [-0.39, 0.29) is 17.6 Å². The summed E-state index contributed by atoms with van der Waals surface area (Å²) in [5.74, 6) is 1.34. The van der Waals surface area contributed by atoms with E-state index >= 15 is 0 Å². The van der Waals surface area contributed by atoms with Crippen molar-refractivity contribution in [3.8, 4) is 0 Å². The molecule has 2 heterocycles. The topological polar surface area (TPSA) is 35.5 Å². The summed E-state index contributed by atoms with van der Waals surface area (Å²) in [6.07, 6.45) is 5.93. The number of benzene rings is 2. The van der Waals surface area contributed by atoms with E-state index in [1.807, 2.05) is 55.5 Å². The zero-order valence-electron chi connectivity index (χ0n) is 20.9. The van der Waals surface area contributed by atoms with Crippen LogP contribution in [-0.4, -0.2) is 61.7 Å². The van der Waals surface area contributed by atoms with Crippen LogP contribution >= 0.6 is 0 Å². The predicted molar refractivity (Wildman–Crippen MR) is 138 cm³/mol. The molecule has 0 saturated carbocycles. The Labute approximate surface area is 207 Å². The van der Waals surface area contributed by atoms with Gasteiger partial charge in [0.1, 0.15) is 17.5 Å². The van der Waals surface area contributed by atoms with Crippen molar-refractivity contribution < 1.29 is 8.78 Å². The second-order valence-electron chi connectivity index (χ2n) is 9.59. The van der Waals surface area contributed by atoms with Crippen LogP contribution in [0.4, 0.5) is 20.5 Å². The van der Waals surface area contributed by atoms with Crippen molar-refractivity contribution in [1.29, 1.82) is 0 Å². The van der Waals surface area contributed by atoms with Gasteiger partial charge >= 0.3 is 0 Å². The minimum atomic E-state index is -0.238. The summed E-state index contributed by atoms with van der Waals surface area (Å²) in [6.45, 7) is 3.10. The van der Waals surface area contributed by atoms with Crippen LogP contribution in [0.2, 0.25) is 0 Å². The van der Waals surface area contributed by atoms with Crippen molar-refractivity contribution in [3.05, 3.63) is 83.6 Å². The van der Waals surface area contributed by atoms with Crippen molar-refractivity contribution in [2.75, 3.05) is 50.6 Å². The SMILES string of the molecule is CN(C)c1ccnc(N(C)C2CCN(CCCC(c3ccc(F)cc3)c3ccc(F)cc3)CC2)n1. The van der Waals surface area contributed by atoms with Crippen LogP contribution in [-0.2, 0) is 0 Å². The third-order valence-electron chi connectivity index (χ3n) is 7.02. The molecule has 7 heteroatoms. The van der Waals surface area contributed by atoms with Gasteiger partial charge in [0.15, 0.2) is 0 Å². The first-order valence-corrected chi connectivity index (χ1v) is 12.4. The van der Waals surface area contributed by atoms with Crippen LogP contribution in [0, 0.1) is 11.6 Å². The maximum absolute atomic E-state index is 13.5. The molecule has 0 atom stereocenters. The van der Waals surface area contributed by atoms with E-state index < -0.39 is 0 Å². The van der Waals surface area contributed by atoms with Gasteiger partial charge in [0.25, 0.3) is 0 Å². The van der Waals surface area contributed by atoms with Gasteiger partial charge in [0, 0.05) is 52.4 Å². The van der Waals surface area contributed by atoms with Gasteiger partial charge < -0.3 is 14.7 Å².